The number of amides is 1. The van der Waals surface area contributed by atoms with Gasteiger partial charge >= 0.3 is 0 Å². The lowest BCUT2D eigenvalue weighted by atomic mass is 9.77. The van der Waals surface area contributed by atoms with E-state index in [1.807, 2.05) is 36.1 Å². The van der Waals surface area contributed by atoms with Crippen molar-refractivity contribution in [2.75, 3.05) is 19.7 Å². The zero-order valence-corrected chi connectivity index (χ0v) is 13.2. The van der Waals surface area contributed by atoms with Crippen LogP contribution in [0.5, 0.6) is 0 Å². The number of aliphatic hydroxyl groups is 3. The summed E-state index contributed by atoms with van der Waals surface area (Å²) in [4.78, 5) is 14.2. The number of carbonyl (C=O) groups is 1. The summed E-state index contributed by atoms with van der Waals surface area (Å²) in [6.45, 7) is 2.54. The van der Waals surface area contributed by atoms with Crippen molar-refractivity contribution in [2.24, 2.45) is 0 Å². The Morgan fingerprint density at radius 3 is 2.61 bits per heavy atom. The molecule has 5 atom stereocenters. The lowest BCUT2D eigenvalue weighted by molar-refractivity contribution is -0.123. The van der Waals surface area contributed by atoms with Crippen LogP contribution in [0.1, 0.15) is 24.0 Å². The van der Waals surface area contributed by atoms with Gasteiger partial charge in [-0.3, -0.25) is 9.69 Å². The van der Waals surface area contributed by atoms with E-state index in [0.29, 0.717) is 6.54 Å². The second kappa shape index (κ2) is 6.57. The van der Waals surface area contributed by atoms with Crippen LogP contribution in [-0.2, 0) is 11.2 Å². The summed E-state index contributed by atoms with van der Waals surface area (Å²) in [7, 11) is 0. The minimum Gasteiger partial charge on any atom is -0.395 e. The molecule has 0 spiro atoms. The SMILES string of the molecule is CCN1C(CO)[C@@H](O)[C@H](O)C1CNC(=O)C1Cc2ccccc21. The van der Waals surface area contributed by atoms with Crippen molar-refractivity contribution in [3.63, 3.8) is 0 Å². The smallest absolute Gasteiger partial charge is 0.227 e. The number of likely N-dealkylation sites (tertiary alicyclic amines) is 1. The lowest BCUT2D eigenvalue weighted by Gasteiger charge is -2.31. The molecule has 23 heavy (non-hydrogen) atoms. The van der Waals surface area contributed by atoms with E-state index >= 15 is 0 Å². The van der Waals surface area contributed by atoms with Crippen molar-refractivity contribution in [1.82, 2.24) is 10.2 Å². The maximum absolute atomic E-state index is 12.4. The van der Waals surface area contributed by atoms with Gasteiger partial charge in [-0.1, -0.05) is 31.2 Å². The normalized spacial score (nSPS) is 33.1. The topological polar surface area (TPSA) is 93.0 Å². The van der Waals surface area contributed by atoms with Gasteiger partial charge in [0, 0.05) is 6.54 Å². The van der Waals surface area contributed by atoms with E-state index < -0.39 is 18.2 Å². The van der Waals surface area contributed by atoms with Crippen LogP contribution in [0.4, 0.5) is 0 Å². The maximum atomic E-state index is 12.4. The van der Waals surface area contributed by atoms with Gasteiger partial charge in [-0.15, -0.1) is 0 Å². The molecule has 3 rings (SSSR count). The maximum Gasteiger partial charge on any atom is 0.227 e. The molecule has 4 N–H and O–H groups in total. The van der Waals surface area contributed by atoms with Crippen LogP contribution in [0, 0.1) is 0 Å². The Morgan fingerprint density at radius 1 is 1.26 bits per heavy atom. The van der Waals surface area contributed by atoms with Gasteiger partial charge in [-0.2, -0.15) is 0 Å². The second-order valence-corrected chi connectivity index (χ2v) is 6.33. The Labute approximate surface area is 135 Å². The molecule has 2 aliphatic rings. The molecule has 1 aliphatic carbocycles. The van der Waals surface area contributed by atoms with Gasteiger partial charge in [-0.25, -0.2) is 0 Å². The first-order valence-electron chi connectivity index (χ1n) is 8.16. The zero-order valence-electron chi connectivity index (χ0n) is 13.2. The minimum absolute atomic E-state index is 0.0473. The lowest BCUT2D eigenvalue weighted by Crippen LogP contribution is -2.48. The summed E-state index contributed by atoms with van der Waals surface area (Å²) in [6, 6.07) is 7.03. The fourth-order valence-corrected chi connectivity index (χ4v) is 3.83. The average Bonchev–Trinajstić information content (AvgIpc) is 2.77. The first-order valence-corrected chi connectivity index (χ1v) is 8.16. The molecule has 126 valence electrons. The third-order valence-corrected chi connectivity index (χ3v) is 5.20. The molecule has 0 saturated carbocycles. The van der Waals surface area contributed by atoms with Gasteiger partial charge in [0.05, 0.1) is 36.8 Å². The number of hydrogen-bond acceptors (Lipinski definition) is 5. The summed E-state index contributed by atoms with van der Waals surface area (Å²) in [6.07, 6.45) is -1.22. The van der Waals surface area contributed by atoms with E-state index in [1.165, 1.54) is 5.56 Å². The molecule has 1 aromatic rings. The van der Waals surface area contributed by atoms with E-state index in [2.05, 4.69) is 5.32 Å². The van der Waals surface area contributed by atoms with E-state index in [1.54, 1.807) is 0 Å². The molecule has 1 heterocycles. The van der Waals surface area contributed by atoms with Crippen molar-refractivity contribution in [2.45, 2.75) is 43.6 Å². The molecule has 6 heteroatoms. The quantitative estimate of drug-likeness (QED) is 0.572. The van der Waals surface area contributed by atoms with Gasteiger partial charge < -0.3 is 20.6 Å². The Kier molecular flexibility index (Phi) is 4.68. The fourth-order valence-electron chi connectivity index (χ4n) is 3.83. The van der Waals surface area contributed by atoms with Crippen LogP contribution < -0.4 is 5.32 Å². The van der Waals surface area contributed by atoms with Crippen LogP contribution in [0.2, 0.25) is 0 Å². The van der Waals surface area contributed by atoms with Crippen LogP contribution in [0.25, 0.3) is 0 Å². The standard InChI is InChI=1S/C17H24N2O4/c1-2-19-13(15(21)16(22)14(19)9-20)8-18-17(23)12-7-10-5-3-4-6-11(10)12/h3-6,12-16,20-22H,2,7-9H2,1H3,(H,18,23)/t12?,13?,14?,15-,16-/m1/s1. The number of aliphatic hydroxyl groups excluding tert-OH is 3. The van der Waals surface area contributed by atoms with Gasteiger partial charge in [0.2, 0.25) is 5.91 Å². The highest BCUT2D eigenvalue weighted by Crippen LogP contribution is 2.35. The molecule has 1 amide bonds. The Bertz CT molecular complexity index is 579. The number of carbonyl (C=O) groups excluding carboxylic acids is 1. The molecule has 0 bridgehead atoms. The molecular formula is C17H24N2O4. The molecule has 1 saturated heterocycles. The molecule has 0 radical (unpaired) electrons. The molecular weight excluding hydrogens is 296 g/mol. The summed E-state index contributed by atoms with van der Waals surface area (Å²) in [5, 5.41) is 32.5. The number of nitrogens with zero attached hydrogens (tertiary/aromatic N) is 1. The highest BCUT2D eigenvalue weighted by Gasteiger charge is 2.46. The summed E-state index contributed by atoms with van der Waals surface area (Å²) >= 11 is 0. The predicted octanol–water partition coefficient (Wildman–Crippen LogP) is -0.771. The van der Waals surface area contributed by atoms with E-state index in [-0.39, 0.29) is 31.0 Å². The monoisotopic (exact) mass is 320 g/mol. The van der Waals surface area contributed by atoms with Gasteiger partial charge in [0.1, 0.15) is 0 Å². The predicted molar refractivity (Wildman–Crippen MR) is 85.0 cm³/mol. The molecule has 1 fully saturated rings. The highest BCUT2D eigenvalue weighted by atomic mass is 16.3. The highest BCUT2D eigenvalue weighted by molar-refractivity contribution is 5.86. The summed E-state index contributed by atoms with van der Waals surface area (Å²) in [5.74, 6) is -0.174. The van der Waals surface area contributed by atoms with Crippen LogP contribution in [0.3, 0.4) is 0 Å². The van der Waals surface area contributed by atoms with E-state index in [4.69, 9.17) is 0 Å². The third kappa shape index (κ3) is 2.76. The van der Waals surface area contributed by atoms with E-state index in [0.717, 1.165) is 12.0 Å². The van der Waals surface area contributed by atoms with Gasteiger partial charge in [-0.05, 0) is 24.1 Å². The first kappa shape index (κ1) is 16.4. The van der Waals surface area contributed by atoms with Crippen molar-refractivity contribution in [3.05, 3.63) is 35.4 Å². The molecule has 6 nitrogen and oxygen atoms in total. The van der Waals surface area contributed by atoms with Crippen LogP contribution in [0.15, 0.2) is 24.3 Å². The van der Waals surface area contributed by atoms with Gasteiger partial charge in [0.15, 0.2) is 0 Å². The molecule has 1 aliphatic heterocycles. The number of likely N-dealkylation sites (N-methyl/N-ethyl adjacent to an activating group) is 1. The molecule has 1 aromatic carbocycles. The number of rotatable bonds is 5. The zero-order chi connectivity index (χ0) is 16.6. The van der Waals surface area contributed by atoms with Crippen molar-refractivity contribution >= 4 is 5.91 Å². The first-order chi connectivity index (χ1) is 11.1. The number of hydrogen-bond donors (Lipinski definition) is 4. The van der Waals surface area contributed by atoms with Crippen LogP contribution in [-0.4, -0.2) is 70.1 Å². The minimum atomic E-state index is -0.994. The third-order valence-electron chi connectivity index (χ3n) is 5.20. The number of nitrogens with one attached hydrogen (secondary N) is 1. The van der Waals surface area contributed by atoms with Crippen molar-refractivity contribution in [3.8, 4) is 0 Å². The Balaban J connectivity index is 1.61. The number of benzene rings is 1. The molecule has 3 unspecified atom stereocenters. The van der Waals surface area contributed by atoms with E-state index in [9.17, 15) is 20.1 Å². The Hall–Kier alpha value is -1.47. The van der Waals surface area contributed by atoms with Crippen molar-refractivity contribution < 1.29 is 20.1 Å². The molecule has 0 aromatic heterocycles. The fraction of sp³-hybridized carbons (Fsp3) is 0.588. The average molecular weight is 320 g/mol. The number of fused-ring (bicyclic) bond motifs is 1. The van der Waals surface area contributed by atoms with Gasteiger partial charge in [0.25, 0.3) is 0 Å². The van der Waals surface area contributed by atoms with Crippen molar-refractivity contribution in [1.29, 1.82) is 0 Å². The Morgan fingerprint density at radius 2 is 1.96 bits per heavy atom. The van der Waals surface area contributed by atoms with Crippen LogP contribution >= 0.6 is 0 Å². The summed E-state index contributed by atoms with van der Waals surface area (Å²) < 4.78 is 0. The largest absolute Gasteiger partial charge is 0.395 e. The second-order valence-electron chi connectivity index (χ2n) is 6.33. The summed E-state index contributed by atoms with van der Waals surface area (Å²) in [5.41, 5.74) is 2.28.